The summed E-state index contributed by atoms with van der Waals surface area (Å²) in [4.78, 5) is 12.6. The predicted octanol–water partition coefficient (Wildman–Crippen LogP) is 3.90. The summed E-state index contributed by atoms with van der Waals surface area (Å²) >= 11 is 0. The van der Waals surface area contributed by atoms with Gasteiger partial charge in [0, 0.05) is 11.5 Å². The van der Waals surface area contributed by atoms with Gasteiger partial charge in [0.2, 0.25) is 0 Å². The van der Waals surface area contributed by atoms with E-state index < -0.39 is 0 Å². The first-order chi connectivity index (χ1) is 9.15. The van der Waals surface area contributed by atoms with Gasteiger partial charge in [-0.25, -0.2) is 0 Å². The minimum absolute atomic E-state index is 0.124. The van der Waals surface area contributed by atoms with Gasteiger partial charge in [-0.05, 0) is 43.4 Å². The van der Waals surface area contributed by atoms with E-state index in [9.17, 15) is 4.79 Å². The fourth-order valence-corrected chi connectivity index (χ4v) is 3.05. The summed E-state index contributed by atoms with van der Waals surface area (Å²) in [6, 6.07) is 14.5. The molecule has 0 aromatic heterocycles. The second kappa shape index (κ2) is 4.65. The van der Waals surface area contributed by atoms with E-state index in [1.807, 2.05) is 19.1 Å². The molecule has 2 aromatic carbocycles. The molecule has 0 aliphatic heterocycles. The highest BCUT2D eigenvalue weighted by atomic mass is 16.1. The molecule has 0 bridgehead atoms. The Morgan fingerprint density at radius 1 is 1.00 bits per heavy atom. The summed E-state index contributed by atoms with van der Waals surface area (Å²) in [5.41, 5.74) is 5.88. The van der Waals surface area contributed by atoms with Crippen LogP contribution >= 0.6 is 0 Å². The number of hydrogen-bond donors (Lipinski definition) is 0. The average Bonchev–Trinajstić information content (AvgIpc) is 2.81. The monoisotopic (exact) mass is 250 g/mol. The Morgan fingerprint density at radius 2 is 1.63 bits per heavy atom. The van der Waals surface area contributed by atoms with Crippen molar-refractivity contribution < 1.29 is 4.79 Å². The third-order valence-corrected chi connectivity index (χ3v) is 4.07. The van der Waals surface area contributed by atoms with E-state index in [0.717, 1.165) is 24.0 Å². The van der Waals surface area contributed by atoms with Gasteiger partial charge in [-0.2, -0.15) is 0 Å². The van der Waals surface area contributed by atoms with E-state index in [1.165, 1.54) is 16.7 Å². The quantitative estimate of drug-likeness (QED) is 0.739. The largest absolute Gasteiger partial charge is 0.294 e. The van der Waals surface area contributed by atoms with Crippen LogP contribution in [0.5, 0.6) is 0 Å². The average molecular weight is 250 g/mol. The summed E-state index contributed by atoms with van der Waals surface area (Å²) in [6.45, 7) is 4.09. The number of hydrogen-bond acceptors (Lipinski definition) is 1. The first-order valence-corrected chi connectivity index (χ1v) is 6.83. The number of ketones is 1. The minimum atomic E-state index is 0.124. The smallest absolute Gasteiger partial charge is 0.166 e. The molecule has 0 amide bonds. The maximum Gasteiger partial charge on any atom is 0.166 e. The Labute approximate surface area is 114 Å². The van der Waals surface area contributed by atoms with Crippen LogP contribution in [0, 0.1) is 19.8 Å². The van der Waals surface area contributed by atoms with E-state index in [2.05, 4.69) is 37.3 Å². The zero-order valence-electron chi connectivity index (χ0n) is 11.4. The highest BCUT2D eigenvalue weighted by molar-refractivity contribution is 5.99. The first kappa shape index (κ1) is 12.2. The highest BCUT2D eigenvalue weighted by Gasteiger charge is 2.28. The third kappa shape index (κ3) is 2.21. The molecule has 0 heterocycles. The van der Waals surface area contributed by atoms with Crippen LogP contribution < -0.4 is 0 Å². The van der Waals surface area contributed by atoms with Crippen molar-refractivity contribution in [2.75, 3.05) is 0 Å². The molecule has 1 aliphatic rings. The molecule has 1 heteroatoms. The number of Topliss-reactive ketones (excluding diaryl/α,β-unsaturated/α-hetero) is 1. The van der Waals surface area contributed by atoms with Crippen molar-refractivity contribution in [2.45, 2.75) is 26.7 Å². The molecular weight excluding hydrogens is 232 g/mol. The van der Waals surface area contributed by atoms with E-state index in [1.54, 1.807) is 0 Å². The van der Waals surface area contributed by atoms with Gasteiger partial charge in [-0.3, -0.25) is 4.79 Å². The van der Waals surface area contributed by atoms with Crippen molar-refractivity contribution in [3.8, 4) is 0 Å². The van der Waals surface area contributed by atoms with Crippen molar-refractivity contribution in [1.29, 1.82) is 0 Å². The standard InChI is InChI=1S/C18H18O/c1-12-7-8-17(13(2)9-12)18(19)16-10-14-5-3-4-6-15(14)11-16/h3-9,16H,10-11H2,1-2H3. The minimum Gasteiger partial charge on any atom is -0.294 e. The Kier molecular flexibility index (Phi) is 2.98. The van der Waals surface area contributed by atoms with Gasteiger partial charge in [-0.1, -0.05) is 48.0 Å². The number of fused-ring (bicyclic) bond motifs is 1. The van der Waals surface area contributed by atoms with Gasteiger partial charge in [0.15, 0.2) is 5.78 Å². The lowest BCUT2D eigenvalue weighted by Crippen LogP contribution is -2.16. The number of carbonyl (C=O) groups is 1. The summed E-state index contributed by atoms with van der Waals surface area (Å²) in [7, 11) is 0. The maximum absolute atomic E-state index is 12.6. The lowest BCUT2D eigenvalue weighted by molar-refractivity contribution is 0.0924. The molecular formula is C18H18O. The van der Waals surface area contributed by atoms with E-state index in [4.69, 9.17) is 0 Å². The van der Waals surface area contributed by atoms with Crippen LogP contribution in [-0.2, 0) is 12.8 Å². The van der Waals surface area contributed by atoms with E-state index in [0.29, 0.717) is 5.78 Å². The molecule has 19 heavy (non-hydrogen) atoms. The maximum atomic E-state index is 12.6. The van der Waals surface area contributed by atoms with Gasteiger partial charge in [0.25, 0.3) is 0 Å². The fraction of sp³-hybridized carbons (Fsp3) is 0.278. The molecule has 0 N–H and O–H groups in total. The first-order valence-electron chi connectivity index (χ1n) is 6.83. The molecule has 0 atom stereocenters. The molecule has 1 nitrogen and oxygen atoms in total. The summed E-state index contributed by atoms with van der Waals surface area (Å²) in [6.07, 6.45) is 1.78. The molecule has 3 rings (SSSR count). The van der Waals surface area contributed by atoms with Crippen LogP contribution in [0.1, 0.15) is 32.6 Å². The van der Waals surface area contributed by atoms with Gasteiger partial charge < -0.3 is 0 Å². The SMILES string of the molecule is Cc1ccc(C(=O)C2Cc3ccccc3C2)c(C)c1. The molecule has 2 aromatic rings. The molecule has 1 aliphatic carbocycles. The van der Waals surface area contributed by atoms with Crippen LogP contribution in [0.25, 0.3) is 0 Å². The Balaban J connectivity index is 1.87. The normalized spacial score (nSPS) is 14.4. The molecule has 0 saturated carbocycles. The second-order valence-corrected chi connectivity index (χ2v) is 5.56. The molecule has 0 unspecified atom stereocenters. The Morgan fingerprint density at radius 3 is 2.21 bits per heavy atom. The molecule has 0 spiro atoms. The second-order valence-electron chi connectivity index (χ2n) is 5.56. The van der Waals surface area contributed by atoms with E-state index in [-0.39, 0.29) is 5.92 Å². The van der Waals surface area contributed by atoms with Crippen LogP contribution in [0.15, 0.2) is 42.5 Å². The third-order valence-electron chi connectivity index (χ3n) is 4.07. The fourth-order valence-electron chi connectivity index (χ4n) is 3.05. The molecule has 96 valence electrons. The lowest BCUT2D eigenvalue weighted by atomic mass is 9.92. The van der Waals surface area contributed by atoms with Crippen molar-refractivity contribution >= 4 is 5.78 Å². The number of carbonyl (C=O) groups excluding carboxylic acids is 1. The Hall–Kier alpha value is -1.89. The summed E-state index contributed by atoms with van der Waals surface area (Å²) < 4.78 is 0. The molecule has 0 fully saturated rings. The van der Waals surface area contributed by atoms with Crippen LogP contribution in [0.2, 0.25) is 0 Å². The number of aryl methyl sites for hydroxylation is 2. The van der Waals surface area contributed by atoms with Crippen LogP contribution in [0.3, 0.4) is 0 Å². The van der Waals surface area contributed by atoms with E-state index >= 15 is 0 Å². The van der Waals surface area contributed by atoms with Crippen molar-refractivity contribution in [3.63, 3.8) is 0 Å². The molecule has 0 radical (unpaired) electrons. The van der Waals surface area contributed by atoms with Crippen molar-refractivity contribution in [3.05, 3.63) is 70.3 Å². The zero-order chi connectivity index (χ0) is 13.4. The lowest BCUT2D eigenvalue weighted by Gasteiger charge is -2.11. The summed E-state index contributed by atoms with van der Waals surface area (Å²) in [5.74, 6) is 0.424. The number of rotatable bonds is 2. The van der Waals surface area contributed by atoms with Gasteiger partial charge >= 0.3 is 0 Å². The van der Waals surface area contributed by atoms with Gasteiger partial charge in [0.1, 0.15) is 0 Å². The van der Waals surface area contributed by atoms with Crippen molar-refractivity contribution in [1.82, 2.24) is 0 Å². The van der Waals surface area contributed by atoms with Crippen LogP contribution in [0.4, 0.5) is 0 Å². The molecule has 0 saturated heterocycles. The number of benzene rings is 2. The van der Waals surface area contributed by atoms with Gasteiger partial charge in [0.05, 0.1) is 0 Å². The predicted molar refractivity (Wildman–Crippen MR) is 77.6 cm³/mol. The van der Waals surface area contributed by atoms with Crippen LogP contribution in [-0.4, -0.2) is 5.78 Å². The van der Waals surface area contributed by atoms with Crippen molar-refractivity contribution in [2.24, 2.45) is 5.92 Å². The topological polar surface area (TPSA) is 17.1 Å². The highest BCUT2D eigenvalue weighted by Crippen LogP contribution is 2.29. The van der Waals surface area contributed by atoms with Gasteiger partial charge in [-0.15, -0.1) is 0 Å². The zero-order valence-corrected chi connectivity index (χ0v) is 11.4. The summed E-state index contributed by atoms with van der Waals surface area (Å²) in [5, 5.41) is 0. The Bertz CT molecular complexity index is 615.